The van der Waals surface area contributed by atoms with Gasteiger partial charge in [0.25, 0.3) is 15.9 Å². The molecule has 1 saturated heterocycles. The van der Waals surface area contributed by atoms with Crippen LogP contribution in [0.5, 0.6) is 5.75 Å². The first-order chi connectivity index (χ1) is 15.7. The summed E-state index contributed by atoms with van der Waals surface area (Å²) >= 11 is 6.16. The molecule has 0 radical (unpaired) electrons. The van der Waals surface area contributed by atoms with Crippen molar-refractivity contribution >= 4 is 39.3 Å². The third kappa shape index (κ3) is 6.48. The molecule has 0 unspecified atom stereocenters. The smallest absolute Gasteiger partial charge is 0.409 e. The van der Waals surface area contributed by atoms with Crippen LogP contribution in [0.4, 0.5) is 14.9 Å². The molecule has 2 amide bonds. The molecule has 0 bridgehead atoms. The number of amides is 2. The molecule has 1 aliphatic heterocycles. The van der Waals surface area contributed by atoms with Gasteiger partial charge in [-0.1, -0.05) is 11.6 Å². The number of hydrogen-bond acceptors (Lipinski definition) is 6. The molecule has 1 fully saturated rings. The standard InChI is InChI=1S/C21H23ClFN3O6S/c1-2-31-21(28)26-11-9-25(10-12-26)20(27)14-32-19-8-7-17(13-18(19)22)33(29,30)24-16-5-3-15(23)4-6-16/h3-8,13,24H,2,9-12,14H2,1H3. The topological polar surface area (TPSA) is 105 Å². The number of piperazine rings is 1. The Bertz CT molecular complexity index is 1110. The van der Waals surface area contributed by atoms with Crippen molar-refractivity contribution in [3.63, 3.8) is 0 Å². The van der Waals surface area contributed by atoms with Gasteiger partial charge in [0.2, 0.25) is 0 Å². The summed E-state index contributed by atoms with van der Waals surface area (Å²) in [5.74, 6) is -0.627. The maximum atomic E-state index is 13.0. The van der Waals surface area contributed by atoms with Crippen molar-refractivity contribution in [1.82, 2.24) is 9.80 Å². The van der Waals surface area contributed by atoms with Gasteiger partial charge in [0.1, 0.15) is 11.6 Å². The third-order valence-corrected chi connectivity index (χ3v) is 6.49. The third-order valence-electron chi connectivity index (χ3n) is 4.82. The molecule has 178 valence electrons. The molecule has 1 aliphatic rings. The lowest BCUT2D eigenvalue weighted by Gasteiger charge is -2.34. The maximum absolute atomic E-state index is 13.0. The molecular weight excluding hydrogens is 477 g/mol. The van der Waals surface area contributed by atoms with Crippen LogP contribution in [0.3, 0.4) is 0 Å². The van der Waals surface area contributed by atoms with Crippen LogP contribution in [-0.2, 0) is 19.6 Å². The van der Waals surface area contributed by atoms with Gasteiger partial charge in [0.15, 0.2) is 6.61 Å². The van der Waals surface area contributed by atoms with Gasteiger partial charge in [-0.15, -0.1) is 0 Å². The molecule has 1 N–H and O–H groups in total. The van der Waals surface area contributed by atoms with E-state index >= 15 is 0 Å². The van der Waals surface area contributed by atoms with Crippen LogP contribution in [0, 0.1) is 5.82 Å². The number of benzene rings is 2. The fourth-order valence-electron chi connectivity index (χ4n) is 3.08. The van der Waals surface area contributed by atoms with Crippen LogP contribution in [0.25, 0.3) is 0 Å². The van der Waals surface area contributed by atoms with E-state index in [2.05, 4.69) is 4.72 Å². The molecule has 33 heavy (non-hydrogen) atoms. The average molecular weight is 500 g/mol. The van der Waals surface area contributed by atoms with E-state index in [1.807, 2.05) is 0 Å². The van der Waals surface area contributed by atoms with Crippen LogP contribution >= 0.6 is 11.6 Å². The highest BCUT2D eigenvalue weighted by atomic mass is 35.5. The Balaban J connectivity index is 1.55. The molecule has 0 aromatic heterocycles. The molecule has 2 aromatic rings. The Hall–Kier alpha value is -3.05. The van der Waals surface area contributed by atoms with Crippen molar-refractivity contribution in [1.29, 1.82) is 0 Å². The zero-order chi connectivity index (χ0) is 24.0. The normalized spacial score (nSPS) is 14.0. The predicted octanol–water partition coefficient (Wildman–Crippen LogP) is 2.96. The molecular formula is C21H23ClFN3O6S. The van der Waals surface area contributed by atoms with Crippen molar-refractivity contribution in [3.8, 4) is 5.75 Å². The number of carbonyl (C=O) groups is 2. The van der Waals surface area contributed by atoms with Gasteiger partial charge >= 0.3 is 6.09 Å². The highest BCUT2D eigenvalue weighted by Gasteiger charge is 2.25. The van der Waals surface area contributed by atoms with E-state index in [1.54, 1.807) is 11.8 Å². The number of hydrogen-bond donors (Lipinski definition) is 1. The highest BCUT2D eigenvalue weighted by molar-refractivity contribution is 7.92. The Morgan fingerprint density at radius 1 is 1.06 bits per heavy atom. The number of ether oxygens (including phenoxy) is 2. The number of sulfonamides is 1. The van der Waals surface area contributed by atoms with Crippen molar-refractivity contribution in [3.05, 3.63) is 53.3 Å². The number of nitrogens with zero attached hydrogens (tertiary/aromatic N) is 2. The summed E-state index contributed by atoms with van der Waals surface area (Å²) in [6.45, 7) is 3.14. The van der Waals surface area contributed by atoms with Gasteiger partial charge < -0.3 is 19.3 Å². The van der Waals surface area contributed by atoms with Gasteiger partial charge in [-0.05, 0) is 49.4 Å². The van der Waals surface area contributed by atoms with E-state index < -0.39 is 21.9 Å². The molecule has 3 rings (SSSR count). The highest BCUT2D eigenvalue weighted by Crippen LogP contribution is 2.28. The molecule has 12 heteroatoms. The quantitative estimate of drug-likeness (QED) is 0.628. The minimum Gasteiger partial charge on any atom is -0.482 e. The van der Waals surface area contributed by atoms with Crippen LogP contribution in [0.1, 0.15) is 6.92 Å². The molecule has 0 spiro atoms. The lowest BCUT2D eigenvalue weighted by Crippen LogP contribution is -2.51. The number of nitrogens with one attached hydrogen (secondary N) is 1. The van der Waals surface area contributed by atoms with Crippen molar-refractivity contribution in [2.45, 2.75) is 11.8 Å². The second kappa shape index (κ2) is 10.7. The Labute approximate surface area is 196 Å². The van der Waals surface area contributed by atoms with Gasteiger partial charge in [-0.25, -0.2) is 17.6 Å². The molecule has 0 atom stereocenters. The van der Waals surface area contributed by atoms with Crippen LogP contribution < -0.4 is 9.46 Å². The van der Waals surface area contributed by atoms with Crippen molar-refractivity contribution in [2.75, 3.05) is 44.1 Å². The van der Waals surface area contributed by atoms with E-state index in [4.69, 9.17) is 21.1 Å². The summed E-state index contributed by atoms with van der Waals surface area (Å²) in [4.78, 5) is 27.1. The van der Waals surface area contributed by atoms with Gasteiger partial charge in [-0.2, -0.15) is 0 Å². The average Bonchev–Trinajstić information content (AvgIpc) is 2.79. The Morgan fingerprint density at radius 2 is 1.70 bits per heavy atom. The van der Waals surface area contributed by atoms with Crippen molar-refractivity contribution in [2.24, 2.45) is 0 Å². The minimum atomic E-state index is -3.96. The lowest BCUT2D eigenvalue weighted by molar-refractivity contribution is -0.134. The summed E-state index contributed by atoms with van der Waals surface area (Å²) in [5.41, 5.74) is 0.196. The molecule has 0 saturated carbocycles. The first-order valence-corrected chi connectivity index (χ1v) is 12.0. The largest absolute Gasteiger partial charge is 0.482 e. The summed E-state index contributed by atoms with van der Waals surface area (Å²) in [5, 5.41) is 0.0110. The van der Waals surface area contributed by atoms with Gasteiger partial charge in [-0.3, -0.25) is 9.52 Å². The van der Waals surface area contributed by atoms with Crippen molar-refractivity contribution < 1.29 is 31.9 Å². The SMILES string of the molecule is CCOC(=O)N1CCN(C(=O)COc2ccc(S(=O)(=O)Nc3ccc(F)cc3)cc2Cl)CC1. The summed E-state index contributed by atoms with van der Waals surface area (Å²) in [6.07, 6.45) is -0.406. The molecule has 2 aromatic carbocycles. The Kier molecular flexibility index (Phi) is 7.98. The van der Waals surface area contributed by atoms with E-state index in [9.17, 15) is 22.4 Å². The first kappa shape index (κ1) is 24.6. The predicted molar refractivity (Wildman–Crippen MR) is 119 cm³/mol. The zero-order valence-electron chi connectivity index (χ0n) is 17.8. The summed E-state index contributed by atoms with van der Waals surface area (Å²) < 4.78 is 50.8. The fraction of sp³-hybridized carbons (Fsp3) is 0.333. The number of carbonyl (C=O) groups excluding carboxylic acids is 2. The second-order valence-electron chi connectivity index (χ2n) is 7.06. The number of halogens is 2. The van der Waals surface area contributed by atoms with E-state index in [1.165, 1.54) is 35.2 Å². The number of anilines is 1. The monoisotopic (exact) mass is 499 g/mol. The van der Waals surface area contributed by atoms with Gasteiger partial charge in [0, 0.05) is 31.9 Å². The van der Waals surface area contributed by atoms with E-state index in [-0.39, 0.29) is 40.5 Å². The molecule has 9 nitrogen and oxygen atoms in total. The maximum Gasteiger partial charge on any atom is 0.409 e. The van der Waals surface area contributed by atoms with Gasteiger partial charge in [0.05, 0.1) is 16.5 Å². The molecule has 1 heterocycles. The van der Waals surface area contributed by atoms with E-state index in [0.717, 1.165) is 12.1 Å². The number of rotatable bonds is 7. The first-order valence-electron chi connectivity index (χ1n) is 10.1. The lowest BCUT2D eigenvalue weighted by atomic mass is 10.3. The van der Waals surface area contributed by atoms with E-state index in [0.29, 0.717) is 26.2 Å². The minimum absolute atomic E-state index is 0.0110. The fourth-order valence-corrected chi connectivity index (χ4v) is 4.47. The van der Waals surface area contributed by atoms with Crippen LogP contribution in [-0.4, -0.2) is 69.6 Å². The molecule has 0 aliphatic carbocycles. The Morgan fingerprint density at radius 3 is 2.30 bits per heavy atom. The second-order valence-corrected chi connectivity index (χ2v) is 9.15. The van der Waals surface area contributed by atoms with Crippen LogP contribution in [0.2, 0.25) is 5.02 Å². The zero-order valence-corrected chi connectivity index (χ0v) is 19.4. The summed E-state index contributed by atoms with van der Waals surface area (Å²) in [6, 6.07) is 8.70. The van der Waals surface area contributed by atoms with Crippen LogP contribution in [0.15, 0.2) is 47.4 Å². The summed E-state index contributed by atoms with van der Waals surface area (Å²) in [7, 11) is -3.96.